The summed E-state index contributed by atoms with van der Waals surface area (Å²) in [7, 11) is 0. The fourth-order valence-electron chi connectivity index (χ4n) is 3.75. The number of oxime groups is 1. The number of nitrogens with zero attached hydrogens (tertiary/aromatic N) is 4. The number of hydrogen-bond acceptors (Lipinski definition) is 6. The molecule has 4 heterocycles. The van der Waals surface area contributed by atoms with Gasteiger partial charge in [-0.2, -0.15) is 13.2 Å². The number of alkyl halides is 3. The van der Waals surface area contributed by atoms with E-state index in [9.17, 15) is 18.0 Å². The van der Waals surface area contributed by atoms with Gasteiger partial charge in [-0.3, -0.25) is 9.78 Å². The Morgan fingerprint density at radius 1 is 1.14 bits per heavy atom. The van der Waals surface area contributed by atoms with Gasteiger partial charge in [0.05, 0.1) is 17.8 Å². The maximum absolute atomic E-state index is 12.8. The van der Waals surface area contributed by atoms with Gasteiger partial charge in [0.15, 0.2) is 6.10 Å². The van der Waals surface area contributed by atoms with Crippen molar-refractivity contribution < 1.29 is 27.5 Å². The van der Waals surface area contributed by atoms with Gasteiger partial charge >= 0.3 is 6.18 Å². The molecule has 1 N–H and O–H groups in total. The van der Waals surface area contributed by atoms with E-state index in [4.69, 9.17) is 9.57 Å². The molecule has 0 spiro atoms. The molecule has 0 bridgehead atoms. The van der Waals surface area contributed by atoms with Crippen LogP contribution in [0.25, 0.3) is 16.8 Å². The van der Waals surface area contributed by atoms with E-state index in [1.807, 2.05) is 0 Å². The average molecular weight is 495 g/mol. The number of rotatable bonds is 7. The van der Waals surface area contributed by atoms with Crippen molar-refractivity contribution in [2.75, 3.05) is 13.2 Å². The molecule has 1 amide bonds. The largest absolute Gasteiger partial charge is 0.489 e. The van der Waals surface area contributed by atoms with Crippen molar-refractivity contribution in [1.82, 2.24) is 19.7 Å². The van der Waals surface area contributed by atoms with Crippen molar-refractivity contribution in [3.8, 4) is 16.9 Å². The van der Waals surface area contributed by atoms with Crippen LogP contribution in [0.1, 0.15) is 22.5 Å². The summed E-state index contributed by atoms with van der Waals surface area (Å²) in [5.41, 5.74) is 2.07. The van der Waals surface area contributed by atoms with Crippen LogP contribution in [0.4, 0.5) is 13.2 Å². The van der Waals surface area contributed by atoms with Crippen LogP contribution in [0.15, 0.2) is 78.5 Å². The van der Waals surface area contributed by atoms with Gasteiger partial charge < -0.3 is 19.3 Å². The third-order valence-electron chi connectivity index (χ3n) is 5.57. The summed E-state index contributed by atoms with van der Waals surface area (Å²) in [6.07, 6.45) is 1.89. The number of imidazole rings is 1. The predicted molar refractivity (Wildman–Crippen MR) is 125 cm³/mol. The highest BCUT2D eigenvalue weighted by atomic mass is 19.4. The topological polar surface area (TPSA) is 90.1 Å². The van der Waals surface area contributed by atoms with Crippen LogP contribution in [0.5, 0.6) is 5.75 Å². The van der Waals surface area contributed by atoms with Gasteiger partial charge in [-0.05, 0) is 24.3 Å². The van der Waals surface area contributed by atoms with Crippen molar-refractivity contribution in [2.45, 2.75) is 18.7 Å². The monoisotopic (exact) mass is 495 g/mol. The van der Waals surface area contributed by atoms with E-state index in [2.05, 4.69) is 20.4 Å². The van der Waals surface area contributed by atoms with Gasteiger partial charge in [-0.25, -0.2) is 4.98 Å². The lowest BCUT2D eigenvalue weighted by Gasteiger charge is -2.14. The molecule has 0 radical (unpaired) electrons. The van der Waals surface area contributed by atoms with Crippen LogP contribution in [-0.2, 0) is 11.0 Å². The maximum Gasteiger partial charge on any atom is 0.433 e. The number of carbonyl (C=O) groups is 1. The number of aromatic nitrogens is 3. The highest BCUT2D eigenvalue weighted by molar-refractivity contribution is 5.98. The lowest BCUT2D eigenvalue weighted by Crippen LogP contribution is -2.30. The summed E-state index contributed by atoms with van der Waals surface area (Å²) in [6, 6.07) is 12.8. The molecule has 1 unspecified atom stereocenters. The van der Waals surface area contributed by atoms with E-state index < -0.39 is 11.9 Å². The molecular formula is C25H20F3N5O3. The molecule has 36 heavy (non-hydrogen) atoms. The van der Waals surface area contributed by atoms with Crippen LogP contribution >= 0.6 is 0 Å². The lowest BCUT2D eigenvalue weighted by molar-refractivity contribution is -0.141. The van der Waals surface area contributed by atoms with E-state index in [-0.39, 0.29) is 25.2 Å². The van der Waals surface area contributed by atoms with Gasteiger partial charge in [-0.15, -0.1) is 0 Å². The number of amides is 1. The van der Waals surface area contributed by atoms with Crippen LogP contribution < -0.4 is 10.1 Å². The van der Waals surface area contributed by atoms with Crippen molar-refractivity contribution >= 4 is 17.3 Å². The van der Waals surface area contributed by atoms with Gasteiger partial charge in [0.25, 0.3) is 5.91 Å². The minimum Gasteiger partial charge on any atom is -0.489 e. The SMILES string of the molecule is O=C(NCC1=NOC(COc2ccccc2-c2ccc(C(F)(F)F)nc2)C1)c1ccc2nccn2c1. The Hall–Kier alpha value is -4.41. The molecule has 1 aliphatic heterocycles. The van der Waals surface area contributed by atoms with Crippen molar-refractivity contribution in [2.24, 2.45) is 5.16 Å². The minimum atomic E-state index is -4.50. The standard InChI is InChI=1S/C25H20F3N5O3/c26-25(27,28)22-7-5-16(12-30-22)20-3-1-2-4-21(20)35-15-19-11-18(32-36-19)13-31-24(34)17-6-8-23-29-9-10-33(23)14-17/h1-10,12,14,19H,11,13,15H2,(H,31,34). The smallest absolute Gasteiger partial charge is 0.433 e. The highest BCUT2D eigenvalue weighted by Crippen LogP contribution is 2.32. The molecule has 8 nitrogen and oxygen atoms in total. The number of fused-ring (bicyclic) bond motifs is 1. The molecule has 1 atom stereocenters. The number of halogens is 3. The summed E-state index contributed by atoms with van der Waals surface area (Å²) in [6.45, 7) is 0.397. The Morgan fingerprint density at radius 2 is 2.00 bits per heavy atom. The first-order valence-corrected chi connectivity index (χ1v) is 11.0. The number of hydrogen-bond donors (Lipinski definition) is 1. The van der Waals surface area contributed by atoms with E-state index >= 15 is 0 Å². The molecule has 1 aliphatic rings. The molecular weight excluding hydrogens is 475 g/mol. The first kappa shape index (κ1) is 23.3. The summed E-state index contributed by atoms with van der Waals surface area (Å²) in [4.78, 5) is 25.6. The molecule has 1 aromatic carbocycles. The number of para-hydroxylation sites is 1. The van der Waals surface area contributed by atoms with Crippen LogP contribution in [-0.4, -0.2) is 45.2 Å². The predicted octanol–water partition coefficient (Wildman–Crippen LogP) is 4.37. The van der Waals surface area contributed by atoms with Gasteiger partial charge in [0, 0.05) is 42.3 Å². The van der Waals surface area contributed by atoms with E-state index in [1.54, 1.807) is 59.4 Å². The zero-order valence-corrected chi connectivity index (χ0v) is 18.8. The second-order valence-electron chi connectivity index (χ2n) is 8.12. The number of pyridine rings is 2. The molecule has 0 aliphatic carbocycles. The Kier molecular flexibility index (Phi) is 6.28. The Labute approximate surface area is 203 Å². The number of ether oxygens (including phenoxy) is 1. The number of benzene rings is 1. The molecule has 11 heteroatoms. The summed E-state index contributed by atoms with van der Waals surface area (Å²) in [5, 5.41) is 6.87. The first-order valence-electron chi connectivity index (χ1n) is 11.0. The fourth-order valence-corrected chi connectivity index (χ4v) is 3.75. The third kappa shape index (κ3) is 5.14. The first-order chi connectivity index (χ1) is 17.4. The van der Waals surface area contributed by atoms with E-state index in [0.717, 1.165) is 11.7 Å². The highest BCUT2D eigenvalue weighted by Gasteiger charge is 2.32. The van der Waals surface area contributed by atoms with Crippen LogP contribution in [0.3, 0.4) is 0 Å². The molecule has 5 rings (SSSR count). The zero-order chi connectivity index (χ0) is 25.1. The van der Waals surface area contributed by atoms with Crippen molar-refractivity contribution in [1.29, 1.82) is 0 Å². The Morgan fingerprint density at radius 3 is 2.81 bits per heavy atom. The number of nitrogens with one attached hydrogen (secondary N) is 1. The number of carbonyl (C=O) groups excluding carboxylic acids is 1. The van der Waals surface area contributed by atoms with E-state index in [1.165, 1.54) is 12.3 Å². The second kappa shape index (κ2) is 9.68. The van der Waals surface area contributed by atoms with Crippen LogP contribution in [0, 0.1) is 0 Å². The molecule has 4 aromatic rings. The minimum absolute atomic E-state index is 0.170. The van der Waals surface area contributed by atoms with Crippen LogP contribution in [0.2, 0.25) is 0 Å². The van der Waals surface area contributed by atoms with Crippen molar-refractivity contribution in [3.63, 3.8) is 0 Å². The normalized spacial score (nSPS) is 15.4. The van der Waals surface area contributed by atoms with Crippen molar-refractivity contribution in [3.05, 3.63) is 84.6 Å². The van der Waals surface area contributed by atoms with Gasteiger partial charge in [0.2, 0.25) is 0 Å². The molecule has 184 valence electrons. The third-order valence-corrected chi connectivity index (χ3v) is 5.57. The average Bonchev–Trinajstić information content (AvgIpc) is 3.54. The second-order valence-corrected chi connectivity index (χ2v) is 8.12. The Balaban J connectivity index is 1.14. The molecule has 0 saturated heterocycles. The summed E-state index contributed by atoms with van der Waals surface area (Å²) in [5.74, 6) is 0.242. The lowest BCUT2D eigenvalue weighted by atomic mass is 10.1. The van der Waals surface area contributed by atoms with Gasteiger partial charge in [0.1, 0.15) is 23.7 Å². The quantitative estimate of drug-likeness (QED) is 0.411. The fraction of sp³-hybridized carbons (Fsp3) is 0.200. The molecule has 0 saturated carbocycles. The molecule has 3 aromatic heterocycles. The maximum atomic E-state index is 12.8. The van der Waals surface area contributed by atoms with Gasteiger partial charge in [-0.1, -0.05) is 29.4 Å². The molecule has 0 fully saturated rings. The zero-order valence-electron chi connectivity index (χ0n) is 18.8. The van der Waals surface area contributed by atoms with E-state index in [0.29, 0.717) is 34.6 Å². The Bertz CT molecular complexity index is 1420. The summed E-state index contributed by atoms with van der Waals surface area (Å²) < 4.78 is 46.1. The summed E-state index contributed by atoms with van der Waals surface area (Å²) >= 11 is 0.